The first kappa shape index (κ1) is 19.9. The third-order valence-electron chi connectivity index (χ3n) is 6.44. The van der Waals surface area contributed by atoms with Crippen LogP contribution >= 0.6 is 0 Å². The predicted octanol–water partition coefficient (Wildman–Crippen LogP) is 4.76. The van der Waals surface area contributed by atoms with Crippen molar-refractivity contribution in [2.45, 2.75) is 40.2 Å². The molecule has 0 N–H and O–H groups in total. The van der Waals surface area contributed by atoms with Crippen LogP contribution in [0.2, 0.25) is 0 Å². The number of hydrogen-bond acceptors (Lipinski definition) is 5. The molecule has 0 bridgehead atoms. The molecule has 31 heavy (non-hydrogen) atoms. The molecule has 5 rings (SSSR count). The summed E-state index contributed by atoms with van der Waals surface area (Å²) in [4.78, 5) is 14.7. The summed E-state index contributed by atoms with van der Waals surface area (Å²) in [5.74, 6) is 0.317. The first-order valence-corrected chi connectivity index (χ1v) is 10.9. The molecule has 1 aliphatic carbocycles. The molecular formula is C24H25FN4O2. The van der Waals surface area contributed by atoms with Gasteiger partial charge in [-0.1, -0.05) is 13.8 Å². The third kappa shape index (κ3) is 3.07. The predicted molar refractivity (Wildman–Crippen MR) is 118 cm³/mol. The van der Waals surface area contributed by atoms with Crippen molar-refractivity contribution in [1.82, 2.24) is 19.7 Å². The molecule has 2 aromatic carbocycles. The summed E-state index contributed by atoms with van der Waals surface area (Å²) in [7, 11) is 0. The Labute approximate surface area is 179 Å². The van der Waals surface area contributed by atoms with Crippen LogP contribution in [0, 0.1) is 12.7 Å². The SMILES string of the molecule is CCN(CC)CCn1c2ccc(-c3nnc(C)o3)c(F)c2c2c3c(ccc21)C(=O)CC3. The molecule has 2 aromatic heterocycles. The first-order chi connectivity index (χ1) is 15.0. The molecule has 1 aliphatic rings. The van der Waals surface area contributed by atoms with Gasteiger partial charge in [-0.3, -0.25) is 4.79 Å². The van der Waals surface area contributed by atoms with E-state index >= 15 is 4.39 Å². The second-order valence-electron chi connectivity index (χ2n) is 8.03. The zero-order valence-corrected chi connectivity index (χ0v) is 18.0. The van der Waals surface area contributed by atoms with Crippen molar-refractivity contribution in [3.8, 4) is 11.5 Å². The topological polar surface area (TPSA) is 64.2 Å². The number of carbonyl (C=O) groups excluding carboxylic acids is 1. The summed E-state index contributed by atoms with van der Waals surface area (Å²) in [6, 6.07) is 7.51. The lowest BCUT2D eigenvalue weighted by Gasteiger charge is -2.19. The van der Waals surface area contributed by atoms with Gasteiger partial charge >= 0.3 is 0 Å². The van der Waals surface area contributed by atoms with E-state index in [2.05, 4.69) is 33.5 Å². The zero-order valence-electron chi connectivity index (χ0n) is 18.0. The Morgan fingerprint density at radius 2 is 1.74 bits per heavy atom. The van der Waals surface area contributed by atoms with E-state index in [9.17, 15) is 4.79 Å². The summed E-state index contributed by atoms with van der Waals surface area (Å²) < 4.78 is 23.7. The maximum Gasteiger partial charge on any atom is 0.250 e. The second kappa shape index (κ2) is 7.57. The Morgan fingerprint density at radius 3 is 2.42 bits per heavy atom. The molecule has 0 saturated carbocycles. The van der Waals surface area contributed by atoms with Gasteiger partial charge in [0.1, 0.15) is 5.82 Å². The van der Waals surface area contributed by atoms with E-state index in [1.54, 1.807) is 13.0 Å². The van der Waals surface area contributed by atoms with Crippen molar-refractivity contribution in [3.63, 3.8) is 0 Å². The Bertz CT molecular complexity index is 1320. The van der Waals surface area contributed by atoms with Crippen LogP contribution in [0.15, 0.2) is 28.7 Å². The van der Waals surface area contributed by atoms with Crippen molar-refractivity contribution >= 4 is 27.6 Å². The molecule has 6 nitrogen and oxygen atoms in total. The smallest absolute Gasteiger partial charge is 0.250 e. The minimum Gasteiger partial charge on any atom is -0.421 e. The van der Waals surface area contributed by atoms with Crippen molar-refractivity contribution < 1.29 is 13.6 Å². The van der Waals surface area contributed by atoms with Gasteiger partial charge < -0.3 is 13.9 Å². The molecule has 0 atom stereocenters. The van der Waals surface area contributed by atoms with E-state index in [0.29, 0.717) is 29.7 Å². The maximum atomic E-state index is 16.0. The Morgan fingerprint density at radius 1 is 1.03 bits per heavy atom. The van der Waals surface area contributed by atoms with Gasteiger partial charge in [-0.05, 0) is 49.3 Å². The van der Waals surface area contributed by atoms with Crippen LogP contribution in [0.1, 0.15) is 42.1 Å². The molecular weight excluding hydrogens is 395 g/mol. The van der Waals surface area contributed by atoms with Gasteiger partial charge in [0.25, 0.3) is 5.89 Å². The molecule has 7 heteroatoms. The summed E-state index contributed by atoms with van der Waals surface area (Å²) >= 11 is 0. The highest BCUT2D eigenvalue weighted by Crippen LogP contribution is 2.40. The first-order valence-electron chi connectivity index (χ1n) is 10.9. The van der Waals surface area contributed by atoms with Gasteiger partial charge in [-0.15, -0.1) is 10.2 Å². The standard InChI is InChI=1S/C24H25FN4O2/c1-4-28(5-2)12-13-29-18-9-6-15-16(8-11-20(15)30)21(18)22-19(29)10-7-17(23(22)25)24-27-26-14(3)31-24/h6-7,9-10H,4-5,8,11-13H2,1-3H3. The van der Waals surface area contributed by atoms with Crippen LogP contribution in [0.5, 0.6) is 0 Å². The average Bonchev–Trinajstić information content (AvgIpc) is 3.45. The number of carbonyl (C=O) groups is 1. The monoisotopic (exact) mass is 420 g/mol. The molecule has 0 radical (unpaired) electrons. The van der Waals surface area contributed by atoms with E-state index in [1.807, 2.05) is 18.2 Å². The molecule has 160 valence electrons. The van der Waals surface area contributed by atoms with Crippen LogP contribution in [0.4, 0.5) is 4.39 Å². The lowest BCUT2D eigenvalue weighted by atomic mass is 10.0. The zero-order chi connectivity index (χ0) is 21.7. The quantitative estimate of drug-likeness (QED) is 0.450. The molecule has 2 heterocycles. The molecule has 0 saturated heterocycles. The fourth-order valence-electron chi connectivity index (χ4n) is 4.78. The van der Waals surface area contributed by atoms with Crippen LogP contribution in [-0.4, -0.2) is 45.1 Å². The van der Waals surface area contributed by atoms with Crippen LogP contribution in [0.3, 0.4) is 0 Å². The lowest BCUT2D eigenvalue weighted by molar-refractivity contribution is 0.0994. The lowest BCUT2D eigenvalue weighted by Crippen LogP contribution is -2.26. The van der Waals surface area contributed by atoms with Crippen molar-refractivity contribution in [2.24, 2.45) is 0 Å². The van der Waals surface area contributed by atoms with Gasteiger partial charge in [0.2, 0.25) is 5.89 Å². The molecule has 0 aliphatic heterocycles. The van der Waals surface area contributed by atoms with Crippen LogP contribution < -0.4 is 0 Å². The number of likely N-dealkylation sites (N-methyl/N-ethyl adjacent to an activating group) is 1. The molecule has 0 spiro atoms. The van der Waals surface area contributed by atoms with Gasteiger partial charge in [-0.25, -0.2) is 4.39 Å². The molecule has 0 amide bonds. The van der Waals surface area contributed by atoms with Gasteiger partial charge in [0.05, 0.1) is 11.1 Å². The van der Waals surface area contributed by atoms with E-state index in [1.165, 1.54) is 0 Å². The average molecular weight is 420 g/mol. The summed E-state index contributed by atoms with van der Waals surface area (Å²) in [6.45, 7) is 9.52. The van der Waals surface area contributed by atoms with Crippen molar-refractivity contribution in [1.29, 1.82) is 0 Å². The molecule has 0 fully saturated rings. The minimum absolute atomic E-state index is 0.130. The fraction of sp³-hybridized carbons (Fsp3) is 0.375. The highest BCUT2D eigenvalue weighted by atomic mass is 19.1. The number of halogens is 1. The van der Waals surface area contributed by atoms with Crippen molar-refractivity contribution in [3.05, 3.63) is 47.1 Å². The van der Waals surface area contributed by atoms with E-state index in [4.69, 9.17) is 4.42 Å². The summed E-state index contributed by atoms with van der Waals surface area (Å²) in [6.07, 6.45) is 1.12. The summed E-state index contributed by atoms with van der Waals surface area (Å²) in [5.41, 5.74) is 3.75. The molecule has 0 unspecified atom stereocenters. The fourth-order valence-corrected chi connectivity index (χ4v) is 4.78. The van der Waals surface area contributed by atoms with Crippen LogP contribution in [-0.2, 0) is 13.0 Å². The highest BCUT2D eigenvalue weighted by molar-refractivity contribution is 6.15. The summed E-state index contributed by atoms with van der Waals surface area (Å²) in [5, 5.41) is 9.24. The highest BCUT2D eigenvalue weighted by Gasteiger charge is 2.27. The number of benzene rings is 2. The second-order valence-corrected chi connectivity index (χ2v) is 8.03. The maximum absolute atomic E-state index is 16.0. The Hall–Kier alpha value is -3.06. The number of Topliss-reactive ketones (excluding diaryl/α,β-unsaturated/α-hetero) is 1. The van der Waals surface area contributed by atoms with Crippen LogP contribution in [0.25, 0.3) is 33.3 Å². The van der Waals surface area contributed by atoms with E-state index in [-0.39, 0.29) is 23.1 Å². The largest absolute Gasteiger partial charge is 0.421 e. The Kier molecular flexibility index (Phi) is 4.85. The Balaban J connectivity index is 1.78. The third-order valence-corrected chi connectivity index (χ3v) is 6.44. The molecule has 4 aromatic rings. The normalized spacial score (nSPS) is 13.8. The number of nitrogens with zero attached hydrogens (tertiary/aromatic N) is 4. The number of fused-ring (bicyclic) bond motifs is 5. The number of rotatable bonds is 6. The van der Waals surface area contributed by atoms with E-state index < -0.39 is 0 Å². The van der Waals surface area contributed by atoms with Gasteiger partial charge in [0.15, 0.2) is 5.78 Å². The van der Waals surface area contributed by atoms with Gasteiger partial charge in [-0.2, -0.15) is 0 Å². The van der Waals surface area contributed by atoms with Crippen molar-refractivity contribution in [2.75, 3.05) is 19.6 Å². The number of aromatic nitrogens is 3. The van der Waals surface area contributed by atoms with E-state index in [0.717, 1.165) is 48.2 Å². The minimum atomic E-state index is -0.375. The number of aryl methyl sites for hydroxylation is 2. The van der Waals surface area contributed by atoms with Gasteiger partial charge in [0, 0.05) is 48.3 Å². The number of hydrogen-bond donors (Lipinski definition) is 0. The number of ketones is 1.